The summed E-state index contributed by atoms with van der Waals surface area (Å²) in [5, 5.41) is -0.0145. The number of pyridine rings is 1. The van der Waals surface area contributed by atoms with Crippen LogP contribution in [0.5, 0.6) is 5.75 Å². The van der Waals surface area contributed by atoms with Crippen molar-refractivity contribution in [2.75, 3.05) is 30.8 Å². The maximum absolute atomic E-state index is 12.9. The fourth-order valence-electron chi connectivity index (χ4n) is 4.04. The molecule has 2 aromatic rings. The van der Waals surface area contributed by atoms with Crippen LogP contribution < -0.4 is 9.64 Å². The van der Waals surface area contributed by atoms with Gasteiger partial charge in [0, 0.05) is 50.7 Å². The third-order valence-electron chi connectivity index (χ3n) is 5.85. The molecule has 2 aliphatic heterocycles. The molecule has 2 fully saturated rings. The topological polar surface area (TPSA) is 106 Å². The maximum Gasteiger partial charge on any atom is 0.263 e. The van der Waals surface area contributed by atoms with Gasteiger partial charge < -0.3 is 14.5 Å². The van der Waals surface area contributed by atoms with Gasteiger partial charge in [-0.15, -0.1) is 0 Å². The minimum Gasteiger partial charge on any atom is -0.479 e. The van der Waals surface area contributed by atoms with Crippen LogP contribution in [0.4, 0.5) is 5.95 Å². The lowest BCUT2D eigenvalue weighted by Gasteiger charge is -2.36. The molecule has 0 saturated carbocycles. The van der Waals surface area contributed by atoms with Crippen LogP contribution in [0.2, 0.25) is 0 Å². The van der Waals surface area contributed by atoms with Crippen molar-refractivity contribution in [1.29, 1.82) is 0 Å². The lowest BCUT2D eigenvalue weighted by Crippen LogP contribution is -2.47. The van der Waals surface area contributed by atoms with Gasteiger partial charge in [-0.2, -0.15) is 0 Å². The smallest absolute Gasteiger partial charge is 0.263 e. The number of anilines is 1. The second-order valence-corrected chi connectivity index (χ2v) is 9.96. The largest absolute Gasteiger partial charge is 0.479 e. The molecule has 4 heterocycles. The van der Waals surface area contributed by atoms with E-state index in [2.05, 4.69) is 26.8 Å². The summed E-state index contributed by atoms with van der Waals surface area (Å²) in [6.45, 7) is 4.35. The number of hydrogen-bond acceptors (Lipinski definition) is 8. The Kier molecular flexibility index (Phi) is 6.08. The second-order valence-electron chi connectivity index (χ2n) is 7.99. The number of carbonyl (C=O) groups excluding carboxylic acids is 1. The van der Waals surface area contributed by atoms with Crippen molar-refractivity contribution in [2.24, 2.45) is 0 Å². The van der Waals surface area contributed by atoms with Crippen LogP contribution in [-0.4, -0.2) is 72.2 Å². The Hall–Kier alpha value is -2.75. The van der Waals surface area contributed by atoms with E-state index in [1.165, 1.54) is 12.3 Å². The molecule has 0 radical (unpaired) electrons. The van der Waals surface area contributed by atoms with E-state index in [0.29, 0.717) is 18.7 Å². The average molecular weight is 446 g/mol. The molecule has 0 spiro atoms. The molecule has 1 amide bonds. The fraction of sp³-hybridized carbons (Fsp3) is 0.524. The third kappa shape index (κ3) is 4.79. The number of aromatic nitrogens is 3. The third-order valence-corrected chi connectivity index (χ3v) is 6.85. The van der Waals surface area contributed by atoms with Gasteiger partial charge in [-0.05, 0) is 37.0 Å². The van der Waals surface area contributed by atoms with E-state index in [9.17, 15) is 13.2 Å². The fourth-order valence-corrected chi connectivity index (χ4v) is 4.60. The van der Waals surface area contributed by atoms with E-state index in [1.807, 2.05) is 17.3 Å². The molecule has 0 aliphatic carbocycles. The number of piperidine rings is 1. The van der Waals surface area contributed by atoms with Crippen LogP contribution in [0.15, 0.2) is 35.7 Å². The molecule has 0 bridgehead atoms. The van der Waals surface area contributed by atoms with Gasteiger partial charge in [0.15, 0.2) is 21.0 Å². The second kappa shape index (κ2) is 8.78. The molecule has 10 heteroatoms. The summed E-state index contributed by atoms with van der Waals surface area (Å²) < 4.78 is 28.9. The first-order chi connectivity index (χ1) is 14.8. The van der Waals surface area contributed by atoms with Gasteiger partial charge in [0.2, 0.25) is 5.95 Å². The van der Waals surface area contributed by atoms with E-state index in [-0.39, 0.29) is 17.0 Å². The van der Waals surface area contributed by atoms with Gasteiger partial charge in [-0.3, -0.25) is 4.79 Å². The SMILES string of the molecule is CCc1cnc(N2CCC(N3CC[C@H](Oc4ccc(S(C)(=O)=O)nc4)C3=O)CC2)nc1. The van der Waals surface area contributed by atoms with Crippen LogP contribution >= 0.6 is 0 Å². The highest BCUT2D eigenvalue weighted by molar-refractivity contribution is 7.90. The van der Waals surface area contributed by atoms with Gasteiger partial charge in [0.1, 0.15) is 5.75 Å². The minimum absolute atomic E-state index is 0.0145. The van der Waals surface area contributed by atoms with E-state index >= 15 is 0 Å². The summed E-state index contributed by atoms with van der Waals surface area (Å²) in [7, 11) is -3.36. The summed E-state index contributed by atoms with van der Waals surface area (Å²) in [6.07, 6.45) is 8.89. The van der Waals surface area contributed by atoms with E-state index in [4.69, 9.17) is 4.74 Å². The van der Waals surface area contributed by atoms with Crippen molar-refractivity contribution in [1.82, 2.24) is 19.9 Å². The van der Waals surface area contributed by atoms with E-state index in [0.717, 1.165) is 50.1 Å². The Morgan fingerprint density at radius 3 is 2.32 bits per heavy atom. The lowest BCUT2D eigenvalue weighted by molar-refractivity contribution is -0.135. The number of aryl methyl sites for hydroxylation is 1. The number of rotatable bonds is 6. The van der Waals surface area contributed by atoms with Gasteiger partial charge in [0.25, 0.3) is 5.91 Å². The standard InChI is InChI=1S/C21H27N5O4S/c1-3-15-12-23-21(24-13-15)25-9-6-16(7-10-25)26-11-8-18(20(26)27)30-17-4-5-19(22-14-17)31(2,28)29/h4-5,12-14,16,18H,3,6-11H2,1-2H3/t18-/m0/s1. The zero-order chi connectivity index (χ0) is 22.0. The van der Waals surface area contributed by atoms with E-state index < -0.39 is 15.9 Å². The summed E-state index contributed by atoms with van der Waals surface area (Å²) in [5.74, 6) is 1.12. The monoisotopic (exact) mass is 445 g/mol. The number of hydrogen-bond donors (Lipinski definition) is 0. The first kappa shape index (κ1) is 21.5. The normalized spacial score (nSPS) is 20.3. The van der Waals surface area contributed by atoms with Crippen LogP contribution in [0.3, 0.4) is 0 Å². The highest BCUT2D eigenvalue weighted by Gasteiger charge is 2.38. The van der Waals surface area contributed by atoms with Crippen LogP contribution in [0, 0.1) is 0 Å². The molecule has 2 saturated heterocycles. The molecule has 0 aromatic carbocycles. The number of likely N-dealkylation sites (tertiary alicyclic amines) is 1. The predicted molar refractivity (Wildman–Crippen MR) is 115 cm³/mol. The zero-order valence-electron chi connectivity index (χ0n) is 17.8. The molecule has 0 unspecified atom stereocenters. The Morgan fingerprint density at radius 1 is 1.03 bits per heavy atom. The molecule has 31 heavy (non-hydrogen) atoms. The van der Waals surface area contributed by atoms with Crippen molar-refractivity contribution < 1.29 is 17.9 Å². The number of nitrogens with zero attached hydrogens (tertiary/aromatic N) is 5. The van der Waals surface area contributed by atoms with Crippen molar-refractivity contribution in [3.8, 4) is 5.75 Å². The van der Waals surface area contributed by atoms with Gasteiger partial charge in [0.05, 0.1) is 6.20 Å². The minimum atomic E-state index is -3.36. The summed E-state index contributed by atoms with van der Waals surface area (Å²) in [5.41, 5.74) is 1.12. The molecular weight excluding hydrogens is 418 g/mol. The number of carbonyl (C=O) groups is 1. The first-order valence-corrected chi connectivity index (χ1v) is 12.4. The molecule has 4 rings (SSSR count). The van der Waals surface area contributed by atoms with Gasteiger partial charge in [-0.1, -0.05) is 6.92 Å². The van der Waals surface area contributed by atoms with Crippen molar-refractivity contribution in [2.45, 2.75) is 49.8 Å². The van der Waals surface area contributed by atoms with Crippen molar-refractivity contribution in [3.63, 3.8) is 0 Å². The van der Waals surface area contributed by atoms with Crippen LogP contribution in [-0.2, 0) is 21.1 Å². The molecule has 9 nitrogen and oxygen atoms in total. The summed E-state index contributed by atoms with van der Waals surface area (Å²) in [6, 6.07) is 3.12. The van der Waals surface area contributed by atoms with Gasteiger partial charge in [-0.25, -0.2) is 23.4 Å². The number of ether oxygens (including phenoxy) is 1. The Balaban J connectivity index is 1.32. The maximum atomic E-state index is 12.9. The summed E-state index contributed by atoms with van der Waals surface area (Å²) in [4.78, 5) is 29.8. The molecule has 2 aromatic heterocycles. The molecule has 0 N–H and O–H groups in total. The quantitative estimate of drug-likeness (QED) is 0.658. The molecular formula is C21H27N5O4S. The number of sulfone groups is 1. The zero-order valence-corrected chi connectivity index (χ0v) is 18.6. The Morgan fingerprint density at radius 2 is 1.74 bits per heavy atom. The Labute approximate surface area is 182 Å². The summed E-state index contributed by atoms with van der Waals surface area (Å²) >= 11 is 0. The molecule has 1 atom stereocenters. The van der Waals surface area contributed by atoms with Crippen LogP contribution in [0.25, 0.3) is 0 Å². The van der Waals surface area contributed by atoms with E-state index in [1.54, 1.807) is 6.07 Å². The Bertz CT molecular complexity index is 1020. The predicted octanol–water partition coefficient (Wildman–Crippen LogP) is 1.49. The van der Waals surface area contributed by atoms with Crippen molar-refractivity contribution >= 4 is 21.7 Å². The highest BCUT2D eigenvalue weighted by Crippen LogP contribution is 2.26. The molecule has 166 valence electrons. The first-order valence-electron chi connectivity index (χ1n) is 10.5. The van der Waals surface area contributed by atoms with Crippen LogP contribution in [0.1, 0.15) is 31.7 Å². The average Bonchev–Trinajstić information content (AvgIpc) is 3.14. The van der Waals surface area contributed by atoms with Crippen molar-refractivity contribution in [3.05, 3.63) is 36.3 Å². The number of amides is 1. The highest BCUT2D eigenvalue weighted by atomic mass is 32.2. The molecule has 2 aliphatic rings. The van der Waals surface area contributed by atoms with Gasteiger partial charge >= 0.3 is 0 Å². The lowest BCUT2D eigenvalue weighted by atomic mass is 10.0.